The van der Waals surface area contributed by atoms with Crippen molar-refractivity contribution >= 4 is 0 Å². The minimum Gasteiger partial charge on any atom is -0.199 e. The molecular weight excluding hydrogens is 447 g/mol. The molecule has 2 aliphatic rings. The van der Waals surface area contributed by atoms with Crippen molar-refractivity contribution in [2.45, 2.75) is 121 Å². The standard InChI is InChI=1S/C23H35F9/c1-2-3-4-5-16-6-8-17(9-7-16)10-11-18-12-14-19(15-13-18)20(24,25)21(26,27)22(28,29)23(30,31)32/h16-19H,2-15H2,1H3. The predicted octanol–water partition coefficient (Wildman–Crippen LogP) is 9.43. The molecule has 2 rings (SSSR count). The fraction of sp³-hybridized carbons (Fsp3) is 1.00. The Hall–Kier alpha value is -0.630. The van der Waals surface area contributed by atoms with Gasteiger partial charge in [-0.25, -0.2) is 0 Å². The molecule has 2 saturated carbocycles. The van der Waals surface area contributed by atoms with Crippen LogP contribution in [-0.2, 0) is 0 Å². The minimum atomic E-state index is -6.78. The van der Waals surface area contributed by atoms with Gasteiger partial charge in [0.05, 0.1) is 0 Å². The third kappa shape index (κ3) is 6.08. The topological polar surface area (TPSA) is 0 Å². The Morgan fingerprint density at radius 3 is 1.34 bits per heavy atom. The summed E-state index contributed by atoms with van der Waals surface area (Å²) in [5, 5.41) is 0. The van der Waals surface area contributed by atoms with Gasteiger partial charge in [-0.15, -0.1) is 0 Å². The number of hydrogen-bond donors (Lipinski definition) is 0. The molecule has 0 amide bonds. The number of hydrogen-bond acceptors (Lipinski definition) is 0. The number of rotatable bonds is 10. The molecule has 190 valence electrons. The Labute approximate surface area is 184 Å². The van der Waals surface area contributed by atoms with Crippen LogP contribution in [0.15, 0.2) is 0 Å². The van der Waals surface area contributed by atoms with E-state index in [4.69, 9.17) is 0 Å². The maximum absolute atomic E-state index is 14.1. The number of unbranched alkanes of at least 4 members (excludes halogenated alkanes) is 2. The molecule has 0 aromatic rings. The first-order valence-corrected chi connectivity index (χ1v) is 11.9. The smallest absolute Gasteiger partial charge is 0.199 e. The highest BCUT2D eigenvalue weighted by Gasteiger charge is 2.82. The van der Waals surface area contributed by atoms with E-state index in [0.29, 0.717) is 5.92 Å². The Morgan fingerprint density at radius 2 is 0.938 bits per heavy atom. The molecule has 2 aliphatic carbocycles. The molecule has 32 heavy (non-hydrogen) atoms. The molecule has 0 radical (unpaired) electrons. The molecule has 0 unspecified atom stereocenters. The van der Waals surface area contributed by atoms with E-state index in [-0.39, 0.29) is 18.8 Å². The second-order valence-electron chi connectivity index (χ2n) is 9.95. The summed E-state index contributed by atoms with van der Waals surface area (Å²) in [6.07, 6.45) is 3.92. The lowest BCUT2D eigenvalue weighted by atomic mass is 9.73. The van der Waals surface area contributed by atoms with Crippen molar-refractivity contribution in [3.8, 4) is 0 Å². The summed E-state index contributed by atoms with van der Waals surface area (Å²) >= 11 is 0. The highest BCUT2D eigenvalue weighted by Crippen LogP contribution is 2.57. The lowest BCUT2D eigenvalue weighted by molar-refractivity contribution is -0.404. The molecule has 0 N–H and O–H groups in total. The minimum absolute atomic E-state index is 0.0288. The van der Waals surface area contributed by atoms with E-state index >= 15 is 0 Å². The molecule has 0 spiro atoms. The summed E-state index contributed by atoms with van der Waals surface area (Å²) in [7, 11) is 0. The monoisotopic (exact) mass is 482 g/mol. The number of alkyl halides is 9. The predicted molar refractivity (Wildman–Crippen MR) is 105 cm³/mol. The van der Waals surface area contributed by atoms with Gasteiger partial charge in [-0.3, -0.25) is 0 Å². The van der Waals surface area contributed by atoms with Crippen molar-refractivity contribution in [1.82, 2.24) is 0 Å². The number of halogens is 9. The van der Waals surface area contributed by atoms with Gasteiger partial charge in [0.1, 0.15) is 0 Å². The summed E-state index contributed by atoms with van der Waals surface area (Å²) in [6.45, 7) is 2.18. The van der Waals surface area contributed by atoms with Crippen LogP contribution in [0, 0.1) is 23.7 Å². The molecule has 0 atom stereocenters. The third-order valence-electron chi connectivity index (χ3n) is 7.69. The molecule has 0 aliphatic heterocycles. The van der Waals surface area contributed by atoms with E-state index in [1.54, 1.807) is 0 Å². The van der Waals surface area contributed by atoms with Gasteiger partial charge in [0.15, 0.2) is 0 Å². The van der Waals surface area contributed by atoms with E-state index in [1.807, 2.05) is 0 Å². The Bertz CT molecular complexity index is 554. The molecular formula is C23H35F9. The zero-order valence-electron chi connectivity index (χ0n) is 18.6. The fourth-order valence-corrected chi connectivity index (χ4v) is 5.42. The van der Waals surface area contributed by atoms with Crippen molar-refractivity contribution < 1.29 is 39.5 Å². The Morgan fingerprint density at radius 1 is 0.531 bits per heavy atom. The molecule has 0 nitrogen and oxygen atoms in total. The first-order chi connectivity index (χ1) is 14.7. The SMILES string of the molecule is CCCCCC1CCC(CCC2CCC(C(F)(F)C(F)(F)C(F)(F)C(F)(F)F)CC2)CC1. The van der Waals surface area contributed by atoms with Gasteiger partial charge >= 0.3 is 23.9 Å². The van der Waals surface area contributed by atoms with Crippen molar-refractivity contribution in [2.24, 2.45) is 23.7 Å². The molecule has 0 bridgehead atoms. The van der Waals surface area contributed by atoms with Crippen LogP contribution in [-0.4, -0.2) is 23.9 Å². The van der Waals surface area contributed by atoms with Crippen LogP contribution in [0.25, 0.3) is 0 Å². The van der Waals surface area contributed by atoms with E-state index < -0.39 is 42.7 Å². The maximum Gasteiger partial charge on any atom is 0.460 e. The van der Waals surface area contributed by atoms with E-state index in [1.165, 1.54) is 38.5 Å². The first kappa shape index (κ1) is 27.6. The van der Waals surface area contributed by atoms with Gasteiger partial charge in [0, 0.05) is 5.92 Å². The van der Waals surface area contributed by atoms with E-state index in [0.717, 1.165) is 31.6 Å². The van der Waals surface area contributed by atoms with Crippen LogP contribution in [0.2, 0.25) is 0 Å². The van der Waals surface area contributed by atoms with Crippen molar-refractivity contribution in [3.05, 3.63) is 0 Å². The molecule has 0 aromatic heterocycles. The Kier molecular flexibility index (Phi) is 9.27. The normalized spacial score (nSPS) is 28.7. The van der Waals surface area contributed by atoms with Crippen LogP contribution in [0.4, 0.5) is 39.5 Å². The van der Waals surface area contributed by atoms with Crippen molar-refractivity contribution in [1.29, 1.82) is 0 Å². The molecule has 2 fully saturated rings. The lowest BCUT2D eigenvalue weighted by Crippen LogP contribution is -2.63. The van der Waals surface area contributed by atoms with Gasteiger partial charge in [-0.2, -0.15) is 39.5 Å². The van der Waals surface area contributed by atoms with Crippen LogP contribution in [0.1, 0.15) is 96.8 Å². The molecule has 9 heteroatoms. The fourth-order valence-electron chi connectivity index (χ4n) is 5.42. The first-order valence-electron chi connectivity index (χ1n) is 11.9. The summed E-state index contributed by atoms with van der Waals surface area (Å²) < 4.78 is 119. The zero-order valence-corrected chi connectivity index (χ0v) is 18.6. The second kappa shape index (κ2) is 10.7. The van der Waals surface area contributed by atoms with Gasteiger partial charge in [-0.05, 0) is 43.4 Å². The average Bonchev–Trinajstić information content (AvgIpc) is 2.72. The van der Waals surface area contributed by atoms with Gasteiger partial charge in [0.25, 0.3) is 0 Å². The van der Waals surface area contributed by atoms with Gasteiger partial charge in [0.2, 0.25) is 0 Å². The lowest BCUT2D eigenvalue weighted by Gasteiger charge is -2.40. The zero-order chi connectivity index (χ0) is 24.2. The quantitative estimate of drug-likeness (QED) is 0.215. The molecule has 0 aromatic carbocycles. The van der Waals surface area contributed by atoms with Crippen LogP contribution >= 0.6 is 0 Å². The summed E-state index contributed by atoms with van der Waals surface area (Å²) in [5.74, 6) is -19.5. The second-order valence-corrected chi connectivity index (χ2v) is 9.95. The molecule has 0 heterocycles. The van der Waals surface area contributed by atoms with Crippen LogP contribution < -0.4 is 0 Å². The average molecular weight is 483 g/mol. The Balaban J connectivity index is 1.78. The maximum atomic E-state index is 14.1. The highest BCUT2D eigenvalue weighted by atomic mass is 19.4. The van der Waals surface area contributed by atoms with Crippen molar-refractivity contribution in [2.75, 3.05) is 0 Å². The van der Waals surface area contributed by atoms with E-state index in [9.17, 15) is 39.5 Å². The van der Waals surface area contributed by atoms with Crippen LogP contribution in [0.3, 0.4) is 0 Å². The summed E-state index contributed by atoms with van der Waals surface area (Å²) in [5.41, 5.74) is 0. The van der Waals surface area contributed by atoms with Crippen molar-refractivity contribution in [3.63, 3.8) is 0 Å². The largest absolute Gasteiger partial charge is 0.460 e. The highest BCUT2D eigenvalue weighted by molar-refractivity contribution is 5.03. The summed E-state index contributed by atoms with van der Waals surface area (Å²) in [4.78, 5) is 0. The third-order valence-corrected chi connectivity index (χ3v) is 7.69. The van der Waals surface area contributed by atoms with Gasteiger partial charge in [-0.1, -0.05) is 71.1 Å². The van der Waals surface area contributed by atoms with Crippen LogP contribution in [0.5, 0.6) is 0 Å². The summed E-state index contributed by atoms with van der Waals surface area (Å²) in [6, 6.07) is 0. The molecule has 0 saturated heterocycles. The van der Waals surface area contributed by atoms with Gasteiger partial charge < -0.3 is 0 Å². The van der Waals surface area contributed by atoms with E-state index in [2.05, 4.69) is 6.92 Å².